The monoisotopic (exact) mass is 346 g/mol. The second-order valence-corrected chi connectivity index (χ2v) is 6.94. The van der Waals surface area contributed by atoms with Gasteiger partial charge in [0.1, 0.15) is 11.9 Å². The van der Waals surface area contributed by atoms with Crippen LogP contribution in [0.15, 0.2) is 53.4 Å². The van der Waals surface area contributed by atoms with Crippen molar-refractivity contribution in [3.63, 3.8) is 0 Å². The third kappa shape index (κ3) is 5.70. The number of hydrogen-bond donors (Lipinski definition) is 2. The summed E-state index contributed by atoms with van der Waals surface area (Å²) < 4.78 is 17.2. The standard InChI is InChI=1S/C18H22N2O3S/c1-13-6-4-8-16(10-13)23-14(2)12-19-18(21)20-15-7-5-9-17(11-15)24(3)22/h4-11,14H,12H2,1-3H3,(H2,19,20,21)/t14-,24+/m1/s1. The molecular formula is C18H22N2O3S. The molecule has 2 aromatic carbocycles. The molecule has 0 unspecified atom stereocenters. The summed E-state index contributed by atoms with van der Waals surface area (Å²) in [5, 5.41) is 5.49. The maximum absolute atomic E-state index is 12.0. The van der Waals surface area contributed by atoms with Gasteiger partial charge in [0, 0.05) is 27.6 Å². The Balaban J connectivity index is 1.82. The molecule has 2 aromatic rings. The Morgan fingerprint density at radius 3 is 2.67 bits per heavy atom. The molecule has 0 heterocycles. The van der Waals surface area contributed by atoms with Crippen LogP contribution in [0.3, 0.4) is 0 Å². The maximum atomic E-state index is 12.0. The van der Waals surface area contributed by atoms with E-state index in [-0.39, 0.29) is 12.1 Å². The maximum Gasteiger partial charge on any atom is 0.319 e. The van der Waals surface area contributed by atoms with Crippen LogP contribution in [0.5, 0.6) is 5.75 Å². The first kappa shape index (κ1) is 18.0. The summed E-state index contributed by atoms with van der Waals surface area (Å²) in [6.07, 6.45) is 1.44. The molecule has 0 fully saturated rings. The number of aryl methyl sites for hydroxylation is 1. The molecule has 2 N–H and O–H groups in total. The Kier molecular flexibility index (Phi) is 6.37. The van der Waals surface area contributed by atoms with Crippen LogP contribution in [0.4, 0.5) is 10.5 Å². The smallest absolute Gasteiger partial charge is 0.319 e. The second-order valence-electron chi connectivity index (χ2n) is 5.56. The Morgan fingerprint density at radius 1 is 1.21 bits per heavy atom. The minimum Gasteiger partial charge on any atom is -0.489 e. The molecule has 0 aromatic heterocycles. The van der Waals surface area contributed by atoms with Crippen molar-refractivity contribution in [1.29, 1.82) is 0 Å². The number of hydrogen-bond acceptors (Lipinski definition) is 3. The van der Waals surface area contributed by atoms with Gasteiger partial charge in [0.05, 0.1) is 6.54 Å². The fourth-order valence-electron chi connectivity index (χ4n) is 2.13. The first-order valence-corrected chi connectivity index (χ1v) is 9.21. The lowest BCUT2D eigenvalue weighted by atomic mass is 10.2. The van der Waals surface area contributed by atoms with Gasteiger partial charge in [-0.3, -0.25) is 4.21 Å². The summed E-state index contributed by atoms with van der Waals surface area (Å²) in [6, 6.07) is 14.4. The van der Waals surface area contributed by atoms with Crippen molar-refractivity contribution in [2.45, 2.75) is 24.8 Å². The number of urea groups is 1. The Labute approximate surface area is 144 Å². The first-order chi connectivity index (χ1) is 11.4. The summed E-state index contributed by atoms with van der Waals surface area (Å²) in [5.41, 5.74) is 1.73. The predicted molar refractivity (Wildman–Crippen MR) is 97.1 cm³/mol. The van der Waals surface area contributed by atoms with Crippen LogP contribution in [0, 0.1) is 6.92 Å². The van der Waals surface area contributed by atoms with E-state index in [1.54, 1.807) is 30.5 Å². The van der Waals surface area contributed by atoms with Gasteiger partial charge >= 0.3 is 6.03 Å². The molecule has 2 amide bonds. The summed E-state index contributed by atoms with van der Waals surface area (Å²) in [4.78, 5) is 12.6. The van der Waals surface area contributed by atoms with Gasteiger partial charge in [-0.15, -0.1) is 0 Å². The van der Waals surface area contributed by atoms with E-state index in [4.69, 9.17) is 4.74 Å². The Morgan fingerprint density at radius 2 is 1.96 bits per heavy atom. The van der Waals surface area contributed by atoms with Crippen LogP contribution in [-0.2, 0) is 10.8 Å². The molecular weight excluding hydrogens is 324 g/mol. The van der Waals surface area contributed by atoms with Crippen LogP contribution in [-0.4, -0.2) is 29.1 Å². The number of nitrogens with one attached hydrogen (secondary N) is 2. The zero-order chi connectivity index (χ0) is 17.5. The average molecular weight is 346 g/mol. The van der Waals surface area contributed by atoms with Crippen molar-refractivity contribution >= 4 is 22.5 Å². The number of amides is 2. The predicted octanol–water partition coefficient (Wildman–Crippen LogP) is 3.32. The lowest BCUT2D eigenvalue weighted by molar-refractivity contribution is 0.212. The van der Waals surface area contributed by atoms with Crippen LogP contribution < -0.4 is 15.4 Å². The Hall–Kier alpha value is -2.34. The Bertz CT molecular complexity index is 734. The van der Waals surface area contributed by atoms with Gasteiger partial charge in [-0.1, -0.05) is 18.2 Å². The fraction of sp³-hybridized carbons (Fsp3) is 0.278. The summed E-state index contributed by atoms with van der Waals surface area (Å²) in [5.74, 6) is 0.780. The zero-order valence-electron chi connectivity index (χ0n) is 14.0. The zero-order valence-corrected chi connectivity index (χ0v) is 14.9. The molecule has 0 bridgehead atoms. The van der Waals surface area contributed by atoms with Crippen molar-refractivity contribution in [2.24, 2.45) is 0 Å². The molecule has 0 saturated carbocycles. The molecule has 0 spiro atoms. The summed E-state index contributed by atoms with van der Waals surface area (Å²) in [7, 11) is -1.08. The first-order valence-electron chi connectivity index (χ1n) is 7.65. The van der Waals surface area contributed by atoms with E-state index in [2.05, 4.69) is 10.6 Å². The molecule has 2 rings (SSSR count). The van der Waals surface area contributed by atoms with Crippen molar-refractivity contribution in [1.82, 2.24) is 5.32 Å². The minimum atomic E-state index is -1.08. The van der Waals surface area contributed by atoms with E-state index in [0.717, 1.165) is 11.3 Å². The molecule has 2 atom stereocenters. The molecule has 0 aliphatic rings. The number of benzene rings is 2. The highest BCUT2D eigenvalue weighted by Gasteiger charge is 2.08. The molecule has 0 radical (unpaired) electrons. The lowest BCUT2D eigenvalue weighted by Crippen LogP contribution is -2.36. The highest BCUT2D eigenvalue weighted by Crippen LogP contribution is 2.14. The number of rotatable bonds is 6. The molecule has 0 saturated heterocycles. The third-order valence-electron chi connectivity index (χ3n) is 3.30. The van der Waals surface area contributed by atoms with Crippen molar-refractivity contribution in [3.05, 3.63) is 54.1 Å². The number of ether oxygens (including phenoxy) is 1. The van der Waals surface area contributed by atoms with Gasteiger partial charge < -0.3 is 15.4 Å². The van der Waals surface area contributed by atoms with Crippen LogP contribution in [0.1, 0.15) is 12.5 Å². The van der Waals surface area contributed by atoms with Crippen molar-refractivity contribution in [3.8, 4) is 5.75 Å². The molecule has 6 heteroatoms. The molecule has 0 aliphatic carbocycles. The van der Waals surface area contributed by atoms with Crippen LogP contribution in [0.2, 0.25) is 0 Å². The van der Waals surface area contributed by atoms with E-state index < -0.39 is 10.8 Å². The number of anilines is 1. The van der Waals surface area contributed by atoms with Gasteiger partial charge in [-0.25, -0.2) is 4.79 Å². The topological polar surface area (TPSA) is 67.4 Å². The molecule has 0 aliphatic heterocycles. The highest BCUT2D eigenvalue weighted by atomic mass is 32.2. The highest BCUT2D eigenvalue weighted by molar-refractivity contribution is 7.84. The number of carbonyl (C=O) groups is 1. The minimum absolute atomic E-state index is 0.160. The van der Waals surface area contributed by atoms with E-state index >= 15 is 0 Å². The quantitative estimate of drug-likeness (QED) is 0.843. The van der Waals surface area contributed by atoms with E-state index in [0.29, 0.717) is 17.1 Å². The normalized spacial score (nSPS) is 13.0. The van der Waals surface area contributed by atoms with Gasteiger partial charge in [-0.2, -0.15) is 0 Å². The SMILES string of the molecule is Cc1cccc(O[C@H](C)CNC(=O)Nc2cccc([S@](C)=O)c2)c1. The second kappa shape index (κ2) is 8.49. The average Bonchev–Trinajstić information content (AvgIpc) is 2.53. The molecule has 24 heavy (non-hydrogen) atoms. The summed E-state index contributed by atoms with van der Waals surface area (Å²) >= 11 is 0. The van der Waals surface area contributed by atoms with Gasteiger partial charge in [0.25, 0.3) is 0 Å². The van der Waals surface area contributed by atoms with Crippen LogP contribution in [0.25, 0.3) is 0 Å². The van der Waals surface area contributed by atoms with E-state index in [1.807, 2.05) is 38.1 Å². The summed E-state index contributed by atoms with van der Waals surface area (Å²) in [6.45, 7) is 4.27. The van der Waals surface area contributed by atoms with Gasteiger partial charge in [0.2, 0.25) is 0 Å². The third-order valence-corrected chi connectivity index (χ3v) is 4.22. The largest absolute Gasteiger partial charge is 0.489 e. The lowest BCUT2D eigenvalue weighted by Gasteiger charge is -2.16. The molecule has 5 nitrogen and oxygen atoms in total. The number of carbonyl (C=O) groups excluding carboxylic acids is 1. The van der Waals surface area contributed by atoms with Crippen molar-refractivity contribution in [2.75, 3.05) is 18.1 Å². The van der Waals surface area contributed by atoms with Gasteiger partial charge in [-0.05, 0) is 49.7 Å². The van der Waals surface area contributed by atoms with Crippen LogP contribution >= 0.6 is 0 Å². The van der Waals surface area contributed by atoms with E-state index in [1.165, 1.54) is 0 Å². The van der Waals surface area contributed by atoms with Gasteiger partial charge in [0.15, 0.2) is 0 Å². The van der Waals surface area contributed by atoms with E-state index in [9.17, 15) is 9.00 Å². The van der Waals surface area contributed by atoms with Crippen molar-refractivity contribution < 1.29 is 13.7 Å². The fourth-order valence-corrected chi connectivity index (χ4v) is 2.69. The molecule has 128 valence electrons.